The molecule has 0 aliphatic heterocycles. The van der Waals surface area contributed by atoms with Gasteiger partial charge >= 0.3 is 0 Å². The molecular formula is C16H22N2. The van der Waals surface area contributed by atoms with E-state index in [1.54, 1.807) is 0 Å². The van der Waals surface area contributed by atoms with Gasteiger partial charge in [-0.15, -0.1) is 0 Å². The summed E-state index contributed by atoms with van der Waals surface area (Å²) in [5.41, 5.74) is 8.30. The Morgan fingerprint density at radius 3 is 2.33 bits per heavy atom. The highest BCUT2D eigenvalue weighted by atomic mass is 15.1. The minimum Gasteiger partial charge on any atom is -0.398 e. The highest BCUT2D eigenvalue weighted by molar-refractivity contribution is 5.86. The van der Waals surface area contributed by atoms with Gasteiger partial charge in [0, 0.05) is 12.2 Å². The predicted molar refractivity (Wildman–Crippen MR) is 79.6 cm³/mol. The highest BCUT2D eigenvalue weighted by Gasteiger charge is 2.06. The second-order valence-corrected chi connectivity index (χ2v) is 4.77. The third-order valence-electron chi connectivity index (χ3n) is 3.39. The molecule has 0 atom stereocenters. The summed E-state index contributed by atoms with van der Waals surface area (Å²) in [6.07, 6.45) is 1.18. The first-order valence-electron chi connectivity index (χ1n) is 6.74. The van der Waals surface area contributed by atoms with Gasteiger partial charge in [-0.05, 0) is 48.0 Å². The van der Waals surface area contributed by atoms with Gasteiger partial charge in [0.25, 0.3) is 0 Å². The molecule has 0 aromatic heterocycles. The van der Waals surface area contributed by atoms with E-state index in [9.17, 15) is 0 Å². The highest BCUT2D eigenvalue weighted by Crippen LogP contribution is 2.23. The average Bonchev–Trinajstić information content (AvgIpc) is 2.39. The molecule has 0 amide bonds. The smallest absolute Gasteiger partial charge is 0.0366 e. The maximum absolute atomic E-state index is 6.16. The standard InChI is InChI=1S/C16H22N2/c1-3-9-18(4-2)12-15-10-13-7-5-6-8-14(13)11-16(15)17/h5-8,10-11H,3-4,9,12,17H2,1-2H3. The largest absolute Gasteiger partial charge is 0.398 e. The Bertz CT molecular complexity index is 519. The summed E-state index contributed by atoms with van der Waals surface area (Å²) >= 11 is 0. The minimum atomic E-state index is 0.906. The zero-order valence-electron chi connectivity index (χ0n) is 11.3. The number of benzene rings is 2. The summed E-state index contributed by atoms with van der Waals surface area (Å²) in [6.45, 7) is 7.56. The molecule has 0 aliphatic rings. The number of hydrogen-bond acceptors (Lipinski definition) is 2. The number of nitrogen functional groups attached to an aromatic ring is 1. The molecule has 0 radical (unpaired) electrons. The molecule has 2 aromatic rings. The van der Waals surface area contributed by atoms with Gasteiger partial charge in [0.2, 0.25) is 0 Å². The molecule has 0 aliphatic carbocycles. The van der Waals surface area contributed by atoms with Gasteiger partial charge in [-0.3, -0.25) is 4.90 Å². The van der Waals surface area contributed by atoms with Crippen molar-refractivity contribution in [2.75, 3.05) is 18.8 Å². The Labute approximate surface area is 109 Å². The summed E-state index contributed by atoms with van der Waals surface area (Å²) in [5.74, 6) is 0. The number of anilines is 1. The van der Waals surface area contributed by atoms with Gasteiger partial charge in [0.15, 0.2) is 0 Å². The maximum atomic E-state index is 6.16. The third kappa shape index (κ3) is 2.82. The fraction of sp³-hybridized carbons (Fsp3) is 0.375. The Kier molecular flexibility index (Phi) is 4.21. The molecule has 2 rings (SSSR count). The first-order valence-corrected chi connectivity index (χ1v) is 6.74. The lowest BCUT2D eigenvalue weighted by Gasteiger charge is -2.20. The molecule has 0 fully saturated rings. The van der Waals surface area contributed by atoms with Gasteiger partial charge in [-0.2, -0.15) is 0 Å². The summed E-state index contributed by atoms with van der Waals surface area (Å²) in [6, 6.07) is 12.7. The summed E-state index contributed by atoms with van der Waals surface area (Å²) in [4.78, 5) is 2.43. The molecule has 0 saturated carbocycles. The third-order valence-corrected chi connectivity index (χ3v) is 3.39. The SMILES string of the molecule is CCCN(CC)Cc1cc2ccccc2cc1N. The molecule has 2 heteroatoms. The van der Waals surface area contributed by atoms with Gasteiger partial charge < -0.3 is 5.73 Å². The van der Waals surface area contributed by atoms with Crippen molar-refractivity contribution in [2.45, 2.75) is 26.8 Å². The number of nitrogens with zero attached hydrogens (tertiary/aromatic N) is 1. The number of hydrogen-bond donors (Lipinski definition) is 1. The number of nitrogens with two attached hydrogens (primary N) is 1. The first-order chi connectivity index (χ1) is 8.74. The lowest BCUT2D eigenvalue weighted by atomic mass is 10.0. The van der Waals surface area contributed by atoms with Crippen LogP contribution < -0.4 is 5.73 Å². The van der Waals surface area contributed by atoms with E-state index in [1.165, 1.54) is 22.8 Å². The van der Waals surface area contributed by atoms with E-state index in [4.69, 9.17) is 5.73 Å². The van der Waals surface area contributed by atoms with Crippen LogP contribution in [0, 0.1) is 0 Å². The van der Waals surface area contributed by atoms with Crippen LogP contribution in [0.5, 0.6) is 0 Å². The van der Waals surface area contributed by atoms with Crippen LogP contribution in [0.2, 0.25) is 0 Å². The molecule has 0 spiro atoms. The minimum absolute atomic E-state index is 0.906. The molecule has 0 saturated heterocycles. The van der Waals surface area contributed by atoms with E-state index in [0.717, 1.165) is 25.3 Å². The monoisotopic (exact) mass is 242 g/mol. The van der Waals surface area contributed by atoms with Crippen molar-refractivity contribution in [3.05, 3.63) is 42.0 Å². The van der Waals surface area contributed by atoms with Crippen molar-refractivity contribution in [3.63, 3.8) is 0 Å². The lowest BCUT2D eigenvalue weighted by molar-refractivity contribution is 0.281. The van der Waals surface area contributed by atoms with E-state index in [-0.39, 0.29) is 0 Å². The van der Waals surface area contributed by atoms with Gasteiger partial charge in [0.1, 0.15) is 0 Å². The van der Waals surface area contributed by atoms with Gasteiger partial charge in [-0.1, -0.05) is 38.1 Å². The molecule has 96 valence electrons. The normalized spacial score (nSPS) is 11.3. The van der Waals surface area contributed by atoms with Crippen molar-refractivity contribution >= 4 is 16.5 Å². The van der Waals surface area contributed by atoms with Crippen molar-refractivity contribution < 1.29 is 0 Å². The predicted octanol–water partition coefficient (Wildman–Crippen LogP) is 3.65. The Morgan fingerprint density at radius 2 is 1.72 bits per heavy atom. The summed E-state index contributed by atoms with van der Waals surface area (Å²) in [7, 11) is 0. The van der Waals surface area contributed by atoms with E-state index in [1.807, 2.05) is 0 Å². The van der Waals surface area contributed by atoms with Crippen LogP contribution in [0.1, 0.15) is 25.8 Å². The van der Waals surface area contributed by atoms with Crippen LogP contribution >= 0.6 is 0 Å². The van der Waals surface area contributed by atoms with Crippen molar-refractivity contribution in [2.24, 2.45) is 0 Å². The fourth-order valence-corrected chi connectivity index (χ4v) is 2.35. The van der Waals surface area contributed by atoms with Crippen LogP contribution in [0.3, 0.4) is 0 Å². The molecule has 18 heavy (non-hydrogen) atoms. The molecular weight excluding hydrogens is 220 g/mol. The second-order valence-electron chi connectivity index (χ2n) is 4.77. The average molecular weight is 242 g/mol. The zero-order valence-corrected chi connectivity index (χ0v) is 11.3. The lowest BCUT2D eigenvalue weighted by Crippen LogP contribution is -2.24. The number of rotatable bonds is 5. The maximum Gasteiger partial charge on any atom is 0.0366 e. The number of fused-ring (bicyclic) bond motifs is 1. The molecule has 0 bridgehead atoms. The van der Waals surface area contributed by atoms with Crippen molar-refractivity contribution in [1.29, 1.82) is 0 Å². The molecule has 2 nitrogen and oxygen atoms in total. The molecule has 0 heterocycles. The molecule has 0 unspecified atom stereocenters. The van der Waals surface area contributed by atoms with Crippen LogP contribution in [0.4, 0.5) is 5.69 Å². The Hall–Kier alpha value is -1.54. The topological polar surface area (TPSA) is 29.3 Å². The Morgan fingerprint density at radius 1 is 1.06 bits per heavy atom. The van der Waals surface area contributed by atoms with Crippen molar-refractivity contribution in [1.82, 2.24) is 4.90 Å². The van der Waals surface area contributed by atoms with E-state index < -0.39 is 0 Å². The van der Waals surface area contributed by atoms with Crippen molar-refractivity contribution in [3.8, 4) is 0 Å². The van der Waals surface area contributed by atoms with Crippen LogP contribution in [0.15, 0.2) is 36.4 Å². The van der Waals surface area contributed by atoms with E-state index in [0.29, 0.717) is 0 Å². The quantitative estimate of drug-likeness (QED) is 0.811. The van der Waals surface area contributed by atoms with Gasteiger partial charge in [0.05, 0.1) is 0 Å². The Balaban J connectivity index is 2.29. The summed E-state index contributed by atoms with van der Waals surface area (Å²) in [5, 5.41) is 2.49. The van der Waals surface area contributed by atoms with Gasteiger partial charge in [-0.25, -0.2) is 0 Å². The van der Waals surface area contributed by atoms with E-state index in [2.05, 4.69) is 55.1 Å². The zero-order chi connectivity index (χ0) is 13.0. The first kappa shape index (κ1) is 12.9. The van der Waals surface area contributed by atoms with Crippen LogP contribution in [-0.4, -0.2) is 18.0 Å². The molecule has 2 N–H and O–H groups in total. The van der Waals surface area contributed by atoms with E-state index >= 15 is 0 Å². The summed E-state index contributed by atoms with van der Waals surface area (Å²) < 4.78 is 0. The fourth-order valence-electron chi connectivity index (χ4n) is 2.35. The molecule has 2 aromatic carbocycles. The van der Waals surface area contributed by atoms with Crippen LogP contribution in [0.25, 0.3) is 10.8 Å². The second kappa shape index (κ2) is 5.87. The van der Waals surface area contributed by atoms with Crippen LogP contribution in [-0.2, 0) is 6.54 Å².